The summed E-state index contributed by atoms with van der Waals surface area (Å²) in [4.78, 5) is 12.0. The van der Waals surface area contributed by atoms with Gasteiger partial charge >= 0.3 is 0 Å². The Hall–Kier alpha value is -0.570. The molecule has 18 heavy (non-hydrogen) atoms. The molecule has 5 aliphatic carbocycles. The molecule has 0 aliphatic heterocycles. The highest BCUT2D eigenvalue weighted by Crippen LogP contribution is 2.59. The minimum Gasteiger partial charge on any atom is -0.354 e. The summed E-state index contributed by atoms with van der Waals surface area (Å²) in [6.07, 6.45) is 10.2. The van der Waals surface area contributed by atoms with Crippen molar-refractivity contribution in [2.24, 2.45) is 28.9 Å². The summed E-state index contributed by atoms with van der Waals surface area (Å²) in [5.41, 5.74) is 5.90. The van der Waals surface area contributed by atoms with Crippen LogP contribution >= 0.6 is 0 Å². The molecule has 0 saturated heterocycles. The van der Waals surface area contributed by atoms with Gasteiger partial charge in [0, 0.05) is 6.54 Å². The number of hydrogen-bond donors (Lipinski definition) is 2. The van der Waals surface area contributed by atoms with Gasteiger partial charge in [-0.3, -0.25) is 4.79 Å². The first kappa shape index (κ1) is 11.3. The highest BCUT2D eigenvalue weighted by molar-refractivity contribution is 5.88. The van der Waals surface area contributed by atoms with Crippen LogP contribution in [0.3, 0.4) is 0 Å². The molecule has 5 fully saturated rings. The fourth-order valence-corrected chi connectivity index (χ4v) is 5.31. The first-order valence-electron chi connectivity index (χ1n) is 7.64. The van der Waals surface area contributed by atoms with E-state index in [9.17, 15) is 4.79 Å². The van der Waals surface area contributed by atoms with Crippen molar-refractivity contribution in [3.05, 3.63) is 0 Å². The maximum atomic E-state index is 12.0. The average Bonchev–Trinajstić information content (AvgIpc) is 3.04. The Balaban J connectivity index is 1.43. The highest BCUT2D eigenvalue weighted by Gasteiger charge is 2.52. The van der Waals surface area contributed by atoms with E-state index < -0.39 is 5.54 Å². The third kappa shape index (κ3) is 1.70. The topological polar surface area (TPSA) is 55.1 Å². The van der Waals surface area contributed by atoms with Gasteiger partial charge in [-0.2, -0.15) is 0 Å². The lowest BCUT2D eigenvalue weighted by atomic mass is 9.49. The van der Waals surface area contributed by atoms with Crippen LogP contribution in [0.1, 0.15) is 51.4 Å². The van der Waals surface area contributed by atoms with Crippen molar-refractivity contribution in [1.82, 2.24) is 5.32 Å². The van der Waals surface area contributed by atoms with Crippen LogP contribution in [0.4, 0.5) is 0 Å². The molecular formula is C15H24N2O. The quantitative estimate of drug-likeness (QED) is 0.800. The summed E-state index contributed by atoms with van der Waals surface area (Å²) in [5, 5.41) is 3.18. The van der Waals surface area contributed by atoms with E-state index in [0.717, 1.165) is 37.1 Å². The Morgan fingerprint density at radius 3 is 2.00 bits per heavy atom. The third-order valence-corrected chi connectivity index (χ3v) is 6.03. The normalized spacial score (nSPS) is 47.1. The van der Waals surface area contributed by atoms with Crippen LogP contribution in [0.15, 0.2) is 0 Å². The van der Waals surface area contributed by atoms with E-state index in [2.05, 4.69) is 5.32 Å². The van der Waals surface area contributed by atoms with Crippen LogP contribution in [0, 0.1) is 23.2 Å². The molecule has 0 unspecified atom stereocenters. The van der Waals surface area contributed by atoms with E-state index in [1.165, 1.54) is 38.5 Å². The second-order valence-electron chi connectivity index (χ2n) is 7.76. The van der Waals surface area contributed by atoms with E-state index in [-0.39, 0.29) is 5.91 Å². The fraction of sp³-hybridized carbons (Fsp3) is 0.933. The van der Waals surface area contributed by atoms with Crippen LogP contribution in [-0.4, -0.2) is 18.0 Å². The van der Waals surface area contributed by atoms with Gasteiger partial charge in [-0.25, -0.2) is 0 Å². The van der Waals surface area contributed by atoms with Crippen molar-refractivity contribution in [2.75, 3.05) is 6.54 Å². The van der Waals surface area contributed by atoms with E-state index in [0.29, 0.717) is 5.41 Å². The van der Waals surface area contributed by atoms with Crippen molar-refractivity contribution in [3.63, 3.8) is 0 Å². The zero-order valence-corrected chi connectivity index (χ0v) is 11.1. The number of carbonyl (C=O) groups excluding carboxylic acids is 1. The summed E-state index contributed by atoms with van der Waals surface area (Å²) in [6.45, 7) is 0.897. The Labute approximate surface area is 109 Å². The Bertz CT molecular complexity index is 351. The van der Waals surface area contributed by atoms with Gasteiger partial charge in [0.15, 0.2) is 0 Å². The Morgan fingerprint density at radius 2 is 1.56 bits per heavy atom. The molecule has 0 aromatic rings. The van der Waals surface area contributed by atoms with E-state index >= 15 is 0 Å². The zero-order valence-electron chi connectivity index (χ0n) is 11.1. The summed E-state index contributed by atoms with van der Waals surface area (Å²) >= 11 is 0. The van der Waals surface area contributed by atoms with E-state index in [1.807, 2.05) is 0 Å². The maximum absolute atomic E-state index is 12.0. The van der Waals surface area contributed by atoms with Gasteiger partial charge in [-0.15, -0.1) is 0 Å². The molecule has 5 rings (SSSR count). The molecule has 0 aromatic carbocycles. The lowest BCUT2D eigenvalue weighted by Gasteiger charge is -2.57. The molecule has 1 amide bonds. The van der Waals surface area contributed by atoms with E-state index in [4.69, 9.17) is 5.73 Å². The van der Waals surface area contributed by atoms with E-state index in [1.54, 1.807) is 0 Å². The SMILES string of the molecule is NC1(C(=O)NCC23CC4CC(CC(C4)C2)C3)CC1. The first-order chi connectivity index (χ1) is 8.57. The van der Waals surface area contributed by atoms with Crippen molar-refractivity contribution in [2.45, 2.75) is 56.9 Å². The van der Waals surface area contributed by atoms with Gasteiger partial charge in [-0.1, -0.05) is 0 Å². The minimum atomic E-state index is -0.498. The molecule has 0 aromatic heterocycles. The molecule has 4 bridgehead atoms. The van der Waals surface area contributed by atoms with Crippen LogP contribution in [0.5, 0.6) is 0 Å². The third-order valence-electron chi connectivity index (χ3n) is 6.03. The van der Waals surface area contributed by atoms with Crippen LogP contribution in [0.2, 0.25) is 0 Å². The Morgan fingerprint density at radius 1 is 1.06 bits per heavy atom. The van der Waals surface area contributed by atoms with Crippen LogP contribution < -0.4 is 11.1 Å². The molecule has 0 atom stereocenters. The predicted octanol–water partition coefficient (Wildman–Crippen LogP) is 1.81. The first-order valence-corrected chi connectivity index (χ1v) is 7.64. The molecule has 0 spiro atoms. The average molecular weight is 248 g/mol. The number of carbonyl (C=O) groups is 1. The molecule has 0 heterocycles. The van der Waals surface area contributed by atoms with Gasteiger partial charge in [0.05, 0.1) is 5.54 Å². The molecule has 3 nitrogen and oxygen atoms in total. The number of nitrogens with one attached hydrogen (secondary N) is 1. The van der Waals surface area contributed by atoms with Gasteiger partial charge in [0.1, 0.15) is 0 Å². The zero-order chi connectivity index (χ0) is 12.4. The van der Waals surface area contributed by atoms with Gasteiger partial charge in [-0.05, 0) is 74.5 Å². The van der Waals surface area contributed by atoms with Gasteiger partial charge < -0.3 is 11.1 Å². The van der Waals surface area contributed by atoms with Crippen molar-refractivity contribution in [3.8, 4) is 0 Å². The second-order valence-corrected chi connectivity index (χ2v) is 7.76. The summed E-state index contributed by atoms with van der Waals surface area (Å²) in [5.74, 6) is 2.99. The number of nitrogens with two attached hydrogens (primary N) is 1. The number of hydrogen-bond acceptors (Lipinski definition) is 2. The van der Waals surface area contributed by atoms with Gasteiger partial charge in [0.2, 0.25) is 5.91 Å². The summed E-state index contributed by atoms with van der Waals surface area (Å²) in [6, 6.07) is 0. The van der Waals surface area contributed by atoms with Crippen molar-refractivity contribution in [1.29, 1.82) is 0 Å². The number of rotatable bonds is 3. The lowest BCUT2D eigenvalue weighted by molar-refractivity contribution is -0.125. The standard InChI is InChI=1S/C15H24N2O/c16-15(1-2-15)13(18)17-9-14-6-10-3-11(7-14)5-12(4-10)8-14/h10-12H,1-9,16H2,(H,17,18). The van der Waals surface area contributed by atoms with Crippen molar-refractivity contribution >= 4 is 5.91 Å². The largest absolute Gasteiger partial charge is 0.354 e. The minimum absolute atomic E-state index is 0.109. The molecule has 3 heteroatoms. The molecule has 5 saturated carbocycles. The molecule has 5 aliphatic rings. The molecule has 3 N–H and O–H groups in total. The monoisotopic (exact) mass is 248 g/mol. The smallest absolute Gasteiger partial charge is 0.240 e. The summed E-state index contributed by atoms with van der Waals surface area (Å²) < 4.78 is 0. The molecule has 100 valence electrons. The fourth-order valence-electron chi connectivity index (χ4n) is 5.31. The Kier molecular flexibility index (Phi) is 2.19. The predicted molar refractivity (Wildman–Crippen MR) is 69.8 cm³/mol. The molecular weight excluding hydrogens is 224 g/mol. The van der Waals surface area contributed by atoms with Crippen LogP contribution in [0.25, 0.3) is 0 Å². The maximum Gasteiger partial charge on any atom is 0.240 e. The van der Waals surface area contributed by atoms with Crippen LogP contribution in [-0.2, 0) is 4.79 Å². The lowest BCUT2D eigenvalue weighted by Crippen LogP contribution is -2.53. The van der Waals surface area contributed by atoms with Gasteiger partial charge in [0.25, 0.3) is 0 Å². The highest BCUT2D eigenvalue weighted by atomic mass is 16.2. The summed E-state index contributed by atoms with van der Waals surface area (Å²) in [7, 11) is 0. The molecule has 0 radical (unpaired) electrons. The van der Waals surface area contributed by atoms with Crippen molar-refractivity contribution < 1.29 is 4.79 Å². The number of amides is 1. The second kappa shape index (κ2) is 3.50.